The summed E-state index contributed by atoms with van der Waals surface area (Å²) in [4.78, 5) is 46.6. The lowest BCUT2D eigenvalue weighted by atomic mass is 9.85. The summed E-state index contributed by atoms with van der Waals surface area (Å²) >= 11 is 0. The van der Waals surface area contributed by atoms with Crippen molar-refractivity contribution in [1.29, 1.82) is 0 Å². The van der Waals surface area contributed by atoms with E-state index in [2.05, 4.69) is 9.47 Å². The number of hydrogen-bond donors (Lipinski definition) is 0. The van der Waals surface area contributed by atoms with Crippen LogP contribution in [-0.2, 0) is 38.1 Å². The molecule has 0 fully saturated rings. The van der Waals surface area contributed by atoms with Crippen LogP contribution in [0.4, 0.5) is 0 Å². The Morgan fingerprint density at radius 2 is 1.16 bits per heavy atom. The van der Waals surface area contributed by atoms with Gasteiger partial charge >= 0.3 is 23.9 Å². The Balaban J connectivity index is 4.68. The van der Waals surface area contributed by atoms with E-state index in [1.807, 2.05) is 0 Å². The van der Waals surface area contributed by atoms with Crippen LogP contribution in [0.2, 0.25) is 0 Å². The number of carbonyl (C=O) groups is 4. The van der Waals surface area contributed by atoms with Crippen LogP contribution < -0.4 is 0 Å². The molecule has 0 heterocycles. The van der Waals surface area contributed by atoms with Crippen LogP contribution in [-0.4, -0.2) is 52.3 Å². The molecule has 0 aromatic carbocycles. The van der Waals surface area contributed by atoms with Crippen LogP contribution in [0.15, 0.2) is 0 Å². The van der Waals surface area contributed by atoms with E-state index in [1.165, 1.54) is 28.4 Å². The van der Waals surface area contributed by atoms with Gasteiger partial charge in [-0.15, -0.1) is 0 Å². The van der Waals surface area contributed by atoms with E-state index >= 15 is 0 Å². The minimum absolute atomic E-state index is 0.245. The number of rotatable bonds is 12. The van der Waals surface area contributed by atoms with E-state index in [4.69, 9.17) is 9.47 Å². The van der Waals surface area contributed by atoms with Gasteiger partial charge in [0, 0.05) is 6.42 Å². The molecule has 0 aromatic heterocycles. The molecule has 2 unspecified atom stereocenters. The second-order valence-corrected chi connectivity index (χ2v) is 5.57. The lowest BCUT2D eigenvalue weighted by molar-refractivity contribution is -0.161. The molecule has 0 aromatic rings. The molecule has 8 nitrogen and oxygen atoms in total. The predicted molar refractivity (Wildman–Crippen MR) is 87.4 cm³/mol. The number of methoxy groups -OCH3 is 4. The van der Waals surface area contributed by atoms with Gasteiger partial charge in [0.05, 0.1) is 46.7 Å². The molecule has 2 atom stereocenters. The van der Waals surface area contributed by atoms with Crippen molar-refractivity contribution >= 4 is 23.9 Å². The van der Waals surface area contributed by atoms with Crippen LogP contribution >= 0.6 is 0 Å². The zero-order valence-electron chi connectivity index (χ0n) is 15.4. The van der Waals surface area contributed by atoms with Crippen LogP contribution in [0.1, 0.15) is 44.9 Å². The maximum atomic E-state index is 12.0. The first kappa shape index (κ1) is 22.9. The van der Waals surface area contributed by atoms with Gasteiger partial charge in [-0.1, -0.05) is 19.3 Å². The fourth-order valence-corrected chi connectivity index (χ4v) is 2.53. The molecular weight excluding hydrogens is 332 g/mol. The fraction of sp³-hybridized carbons (Fsp3) is 0.765. The van der Waals surface area contributed by atoms with Crippen LogP contribution in [0.25, 0.3) is 0 Å². The Hall–Kier alpha value is -2.12. The highest BCUT2D eigenvalue weighted by atomic mass is 16.5. The monoisotopic (exact) mass is 360 g/mol. The van der Waals surface area contributed by atoms with Gasteiger partial charge in [-0.25, -0.2) is 0 Å². The number of carbonyl (C=O) groups excluding carboxylic acids is 4. The summed E-state index contributed by atoms with van der Waals surface area (Å²) in [7, 11) is 4.99. The molecule has 0 amide bonds. The molecule has 0 spiro atoms. The fourth-order valence-electron chi connectivity index (χ4n) is 2.53. The quantitative estimate of drug-likeness (QED) is 0.294. The Morgan fingerprint density at radius 1 is 0.640 bits per heavy atom. The summed E-state index contributed by atoms with van der Waals surface area (Å²) in [5.74, 6) is -3.78. The first-order valence-electron chi connectivity index (χ1n) is 8.20. The summed E-state index contributed by atoms with van der Waals surface area (Å²) in [5.41, 5.74) is 0. The van der Waals surface area contributed by atoms with E-state index in [0.29, 0.717) is 25.7 Å². The minimum Gasteiger partial charge on any atom is -0.469 e. The normalized spacial score (nSPS) is 12.6. The van der Waals surface area contributed by atoms with Gasteiger partial charge in [0.25, 0.3) is 0 Å². The predicted octanol–water partition coefficient (Wildman–Crippen LogP) is 1.64. The van der Waals surface area contributed by atoms with E-state index < -0.39 is 29.7 Å². The number of unbranched alkanes of at least 4 members (excludes halogenated alkanes) is 3. The minimum atomic E-state index is -0.944. The van der Waals surface area contributed by atoms with Crippen molar-refractivity contribution in [3.05, 3.63) is 0 Å². The van der Waals surface area contributed by atoms with Crippen LogP contribution in [0.5, 0.6) is 0 Å². The molecule has 0 bridgehead atoms. The third-order valence-electron chi connectivity index (χ3n) is 3.98. The molecule has 0 aliphatic rings. The molecule has 0 saturated carbocycles. The Bertz CT molecular complexity index is 446. The largest absolute Gasteiger partial charge is 0.469 e. The molecular formula is C17H28O8. The van der Waals surface area contributed by atoms with E-state index in [0.717, 1.165) is 12.8 Å². The number of esters is 4. The maximum Gasteiger partial charge on any atom is 0.310 e. The van der Waals surface area contributed by atoms with Crippen LogP contribution in [0.3, 0.4) is 0 Å². The zero-order chi connectivity index (χ0) is 19.2. The Labute approximate surface area is 148 Å². The second kappa shape index (κ2) is 13.2. The topological polar surface area (TPSA) is 105 Å². The second-order valence-electron chi connectivity index (χ2n) is 5.57. The molecule has 0 saturated heterocycles. The van der Waals surface area contributed by atoms with Gasteiger partial charge in [-0.05, 0) is 12.8 Å². The maximum absolute atomic E-state index is 12.0. The first-order chi connectivity index (χ1) is 11.9. The van der Waals surface area contributed by atoms with E-state index in [9.17, 15) is 19.2 Å². The molecule has 0 N–H and O–H groups in total. The van der Waals surface area contributed by atoms with Gasteiger partial charge < -0.3 is 18.9 Å². The molecule has 0 radical (unpaired) electrons. The van der Waals surface area contributed by atoms with Crippen molar-refractivity contribution in [2.45, 2.75) is 44.9 Å². The van der Waals surface area contributed by atoms with Crippen molar-refractivity contribution in [1.82, 2.24) is 0 Å². The van der Waals surface area contributed by atoms with Crippen molar-refractivity contribution < 1.29 is 38.1 Å². The standard InChI is InChI=1S/C17H28O8/c1-22-14(18)10-8-6-5-7-9-12(16(20)24-3)13(17(21)25-4)11-15(19)23-2/h12-13H,5-11H2,1-4H3. The summed E-state index contributed by atoms with van der Waals surface area (Å²) in [6, 6.07) is 0. The summed E-state index contributed by atoms with van der Waals surface area (Å²) in [6.07, 6.45) is 3.39. The summed E-state index contributed by atoms with van der Waals surface area (Å²) < 4.78 is 18.6. The summed E-state index contributed by atoms with van der Waals surface area (Å²) in [5, 5.41) is 0. The third-order valence-corrected chi connectivity index (χ3v) is 3.98. The SMILES string of the molecule is COC(=O)CCCCCCC(C(=O)OC)C(CC(=O)OC)C(=O)OC. The molecule has 0 aliphatic carbocycles. The van der Waals surface area contributed by atoms with Crippen molar-refractivity contribution in [2.24, 2.45) is 11.8 Å². The first-order valence-corrected chi connectivity index (χ1v) is 8.20. The summed E-state index contributed by atoms with van der Waals surface area (Å²) in [6.45, 7) is 0. The van der Waals surface area contributed by atoms with Crippen molar-refractivity contribution in [3.8, 4) is 0 Å². The average Bonchev–Trinajstić information content (AvgIpc) is 2.64. The number of ether oxygens (including phenoxy) is 4. The van der Waals surface area contributed by atoms with Crippen molar-refractivity contribution in [2.75, 3.05) is 28.4 Å². The Kier molecular flexibility index (Phi) is 12.1. The van der Waals surface area contributed by atoms with E-state index in [-0.39, 0.29) is 12.4 Å². The molecule has 0 aliphatic heterocycles. The highest BCUT2D eigenvalue weighted by Crippen LogP contribution is 2.26. The average molecular weight is 360 g/mol. The molecule has 8 heteroatoms. The molecule has 144 valence electrons. The van der Waals surface area contributed by atoms with Gasteiger partial charge in [0.15, 0.2) is 0 Å². The van der Waals surface area contributed by atoms with Gasteiger partial charge in [-0.3, -0.25) is 19.2 Å². The van der Waals surface area contributed by atoms with Crippen LogP contribution in [0, 0.1) is 11.8 Å². The smallest absolute Gasteiger partial charge is 0.310 e. The highest BCUT2D eigenvalue weighted by Gasteiger charge is 2.36. The Morgan fingerprint density at radius 3 is 1.68 bits per heavy atom. The lowest BCUT2D eigenvalue weighted by Gasteiger charge is -2.22. The molecule has 0 rings (SSSR count). The van der Waals surface area contributed by atoms with Gasteiger partial charge in [-0.2, -0.15) is 0 Å². The number of hydrogen-bond acceptors (Lipinski definition) is 8. The highest BCUT2D eigenvalue weighted by molar-refractivity contribution is 5.85. The third kappa shape index (κ3) is 9.07. The van der Waals surface area contributed by atoms with Gasteiger partial charge in [0.1, 0.15) is 0 Å². The zero-order valence-corrected chi connectivity index (χ0v) is 15.4. The van der Waals surface area contributed by atoms with E-state index in [1.54, 1.807) is 0 Å². The molecule has 25 heavy (non-hydrogen) atoms. The lowest BCUT2D eigenvalue weighted by Crippen LogP contribution is -2.33. The van der Waals surface area contributed by atoms with Crippen molar-refractivity contribution in [3.63, 3.8) is 0 Å². The van der Waals surface area contributed by atoms with Gasteiger partial charge in [0.2, 0.25) is 0 Å².